The number of anilines is 3. The second-order valence-electron chi connectivity index (χ2n) is 25.7. The minimum absolute atomic E-state index is 0.0125. The summed E-state index contributed by atoms with van der Waals surface area (Å²) in [6, 6.07) is 12.1. The third-order valence-electron chi connectivity index (χ3n) is 19.2. The van der Waals surface area contributed by atoms with Crippen LogP contribution in [0.25, 0.3) is 0 Å². The highest BCUT2D eigenvalue weighted by atomic mass is 32.2. The number of carbonyl (C=O) groups excluding carboxylic acids is 10. The number of likely N-dealkylation sites (N-methyl/N-ethyl adjacent to an activating group) is 1. The first-order chi connectivity index (χ1) is 44.7. The fraction of sp³-hybridized carbons (Fsp3) is 0.582. The van der Waals surface area contributed by atoms with Gasteiger partial charge in [-0.05, 0) is 112 Å². The zero-order chi connectivity index (χ0) is 66.0. The van der Waals surface area contributed by atoms with Crippen molar-refractivity contribution in [1.82, 2.24) is 40.9 Å². The lowest BCUT2D eigenvalue weighted by molar-refractivity contribution is -0.158. The number of ether oxygens (including phenoxy) is 3. The Hall–Kier alpha value is -7.84. The predicted octanol–water partition coefficient (Wildman–Crippen LogP) is 3.59. The molecule has 26 heteroatoms. The van der Waals surface area contributed by atoms with Gasteiger partial charge in [-0.15, -0.1) is 0 Å². The molecule has 8 aliphatic rings. The van der Waals surface area contributed by atoms with Gasteiger partial charge in [-0.2, -0.15) is 11.8 Å². The lowest BCUT2D eigenvalue weighted by Crippen LogP contribution is -2.63. The third kappa shape index (κ3) is 16.4. The average Bonchev–Trinajstić information content (AvgIpc) is 1.46. The smallest absolute Gasteiger partial charge is 0.414 e. The second-order valence-corrected chi connectivity index (χ2v) is 26.9. The maximum Gasteiger partial charge on any atom is 0.414 e. The number of fused-ring (bicyclic) bond motifs is 5. The first-order valence-electron chi connectivity index (χ1n) is 32.8. The molecule has 0 aliphatic carbocycles. The van der Waals surface area contributed by atoms with Crippen molar-refractivity contribution in [3.05, 3.63) is 89.7 Å². The summed E-state index contributed by atoms with van der Waals surface area (Å²) in [6.07, 6.45) is -0.149. The number of piperidine rings is 4. The van der Waals surface area contributed by atoms with Crippen LogP contribution in [0, 0.1) is 17.7 Å². The van der Waals surface area contributed by atoms with Gasteiger partial charge in [0.25, 0.3) is 0 Å². The van der Waals surface area contributed by atoms with Crippen molar-refractivity contribution >= 4 is 88.0 Å². The summed E-state index contributed by atoms with van der Waals surface area (Å²) in [6.45, 7) is 8.18. The zero-order valence-corrected chi connectivity index (χ0v) is 54.6. The van der Waals surface area contributed by atoms with Gasteiger partial charge in [0.1, 0.15) is 54.0 Å². The molecule has 8 fully saturated rings. The first kappa shape index (κ1) is 68.0. The molecule has 0 radical (unpaired) electrons. The highest BCUT2D eigenvalue weighted by Crippen LogP contribution is 2.38. The second kappa shape index (κ2) is 30.9. The van der Waals surface area contributed by atoms with Gasteiger partial charge < -0.3 is 64.9 Å². The fourth-order valence-corrected chi connectivity index (χ4v) is 15.3. The predicted molar refractivity (Wildman–Crippen MR) is 345 cm³/mol. The molecule has 93 heavy (non-hydrogen) atoms. The van der Waals surface area contributed by atoms with Crippen molar-refractivity contribution in [2.45, 2.75) is 138 Å². The van der Waals surface area contributed by atoms with Gasteiger partial charge >= 0.3 is 12.1 Å². The number of unbranched alkanes of at least 4 members (excludes halogenated alkanes) is 1. The summed E-state index contributed by atoms with van der Waals surface area (Å²) < 4.78 is 32.2. The third-order valence-corrected chi connectivity index (χ3v) is 20.8. The molecule has 8 aliphatic heterocycles. The lowest BCUT2D eigenvalue weighted by atomic mass is 9.88. The van der Waals surface area contributed by atoms with Crippen LogP contribution in [0.5, 0.6) is 0 Å². The molecule has 8 heterocycles. The quantitative estimate of drug-likeness (QED) is 0.105. The normalized spacial score (nSPS) is 28.3. The van der Waals surface area contributed by atoms with Crippen molar-refractivity contribution in [3.8, 4) is 0 Å². The molecule has 3 aromatic carbocycles. The maximum absolute atomic E-state index is 15.8. The number of cyclic esters (lactones) is 2. The van der Waals surface area contributed by atoms with E-state index in [-0.39, 0.29) is 94.8 Å². The molecule has 2 unspecified atom stereocenters. The Bertz CT molecular complexity index is 3220. The van der Waals surface area contributed by atoms with E-state index in [1.165, 1.54) is 39.6 Å². The molecule has 10 atom stereocenters. The van der Waals surface area contributed by atoms with E-state index in [4.69, 9.17) is 14.2 Å². The van der Waals surface area contributed by atoms with E-state index in [9.17, 15) is 33.6 Å². The monoisotopic (exact) mass is 1310 g/mol. The minimum Gasteiger partial charge on any atom is -0.458 e. The van der Waals surface area contributed by atoms with Gasteiger partial charge in [-0.1, -0.05) is 49.4 Å². The van der Waals surface area contributed by atoms with E-state index in [0.717, 1.165) is 38.2 Å². The number of thioether (sulfide) groups is 1. The molecule has 8 saturated heterocycles. The molecule has 4 N–H and O–H groups in total. The number of nitrogens with one attached hydrogen (secondary N) is 4. The summed E-state index contributed by atoms with van der Waals surface area (Å²) in [5.41, 5.74) is 2.60. The van der Waals surface area contributed by atoms with Gasteiger partial charge in [0.2, 0.25) is 41.4 Å². The lowest BCUT2D eigenvalue weighted by Gasteiger charge is -2.45. The van der Waals surface area contributed by atoms with Gasteiger partial charge in [-0.3, -0.25) is 43.3 Å². The Morgan fingerprint density at radius 3 is 2.16 bits per heavy atom. The van der Waals surface area contributed by atoms with Crippen molar-refractivity contribution in [2.75, 3.05) is 114 Å². The SMILES string of the molecule is CCC1NC(=O)[C@@H](NC(=O)CCCCC(=O)NC[C@H]2CN(c3ccc(N4CCOCC4)c(F)c3)C(=O)O2)[C@@H](C)OC(=O)[C@H](c2ccccc2)NC(=O)[C@@H]2CC(=O)[C@H](CSC3CN4CCC3CC4)CN2C(=O)[C@H](Cc2ccc(N(C)C)cc2)N(C)C(=O)[C@@H]2CCCN2C1=O. The highest BCUT2D eigenvalue weighted by molar-refractivity contribution is 8.00. The average molecular weight is 1310 g/mol. The zero-order valence-electron chi connectivity index (χ0n) is 53.8. The van der Waals surface area contributed by atoms with Crippen LogP contribution < -0.4 is 36.0 Å². The van der Waals surface area contributed by atoms with Gasteiger partial charge in [0.15, 0.2) is 6.04 Å². The first-order valence-corrected chi connectivity index (χ1v) is 33.8. The Morgan fingerprint density at radius 2 is 1.48 bits per heavy atom. The molecule has 24 nitrogen and oxygen atoms in total. The van der Waals surface area contributed by atoms with Gasteiger partial charge in [0.05, 0.1) is 37.7 Å². The van der Waals surface area contributed by atoms with Crippen molar-refractivity contribution in [1.29, 1.82) is 0 Å². The summed E-state index contributed by atoms with van der Waals surface area (Å²) in [5, 5.41) is 11.4. The molecule has 8 amide bonds. The molecule has 2 bridgehead atoms. The van der Waals surface area contributed by atoms with Crippen LogP contribution in [0.15, 0.2) is 72.8 Å². The number of morpholine rings is 1. The van der Waals surface area contributed by atoms with Crippen LogP contribution in [0.3, 0.4) is 0 Å². The topological polar surface area (TPSA) is 269 Å². The molecule has 502 valence electrons. The van der Waals surface area contributed by atoms with Crippen molar-refractivity contribution in [3.63, 3.8) is 0 Å². The van der Waals surface area contributed by atoms with E-state index in [2.05, 4.69) is 26.2 Å². The number of carbonyl (C=O) groups is 10. The van der Waals surface area contributed by atoms with Gasteiger partial charge in [0, 0.05) is 102 Å². The van der Waals surface area contributed by atoms with E-state index in [0.29, 0.717) is 66.6 Å². The number of benzene rings is 3. The van der Waals surface area contributed by atoms with Gasteiger partial charge in [-0.25, -0.2) is 14.0 Å². The maximum atomic E-state index is 15.8. The molecule has 3 aromatic rings. The fourth-order valence-electron chi connectivity index (χ4n) is 13.7. The van der Waals surface area contributed by atoms with Crippen molar-refractivity contribution < 1.29 is 66.5 Å². The number of esters is 1. The van der Waals surface area contributed by atoms with Crippen LogP contribution in [-0.2, 0) is 63.8 Å². The van der Waals surface area contributed by atoms with Crippen LogP contribution in [0.1, 0.15) is 95.2 Å². The van der Waals surface area contributed by atoms with Crippen LogP contribution >= 0.6 is 11.8 Å². The molecule has 0 aromatic heterocycles. The summed E-state index contributed by atoms with van der Waals surface area (Å²) in [4.78, 5) is 157. The Balaban J connectivity index is 0.857. The largest absolute Gasteiger partial charge is 0.458 e. The number of halogens is 1. The highest BCUT2D eigenvalue weighted by Gasteiger charge is 2.48. The summed E-state index contributed by atoms with van der Waals surface area (Å²) in [7, 11) is 5.32. The van der Waals surface area contributed by atoms with Crippen LogP contribution in [0.2, 0.25) is 0 Å². The number of rotatable bonds is 18. The van der Waals surface area contributed by atoms with E-state index < -0.39 is 108 Å². The number of amides is 8. The Kier molecular flexibility index (Phi) is 22.6. The Labute approximate surface area is 546 Å². The molecule has 11 rings (SSSR count). The summed E-state index contributed by atoms with van der Waals surface area (Å²) in [5.74, 6) is -5.92. The number of nitrogens with zero attached hydrogens (tertiary/aromatic N) is 7. The van der Waals surface area contributed by atoms with E-state index in [1.54, 1.807) is 61.2 Å². The van der Waals surface area contributed by atoms with Crippen molar-refractivity contribution in [2.24, 2.45) is 11.8 Å². The summed E-state index contributed by atoms with van der Waals surface area (Å²) >= 11 is 1.73. The van der Waals surface area contributed by atoms with Crippen LogP contribution in [0.4, 0.5) is 26.2 Å². The number of ketones is 1. The minimum atomic E-state index is -1.62. The standard InChI is InChI=1S/C67H88FN11O13S/c1-6-50-63(85)77-26-12-15-52(77)64(86)74(5)54(33-42-18-20-46(21-19-42)73(3)4)65(87)79-37-45(40-93-56-39-75-27-24-43(56)25-28-75)55(80)35-53(79)61(83)72-60(44-13-8-7-9-14-44)66(88)91-41(2)59(62(84)70-50)71-58(82)17-11-10-16-57(81)69-36-48-38-78(67(89)92-48)47-22-23-51(49(68)34-47)76-29-31-90-32-30-76/h7-9,13-14,18-23,34,41,43,45,48,50,52-54,56,59-60H,6,10-12,15-17,24-33,35-40H2,1-5H3,(H,69,81)(H,70,84)(H,71,82)(H,72,83)/t41-,45+,48+,50?,52+,53+,54+,56?,59+,60+/m1/s1. The number of hydrogen-bond acceptors (Lipinski definition) is 17. The van der Waals surface area contributed by atoms with Crippen LogP contribution in [-0.4, -0.2) is 225 Å². The number of hydrogen-bond donors (Lipinski definition) is 4. The molecule has 0 saturated carbocycles. The number of Topliss-reactive ketones (excluding diaryl/α,β-unsaturated/α-hetero) is 1. The van der Waals surface area contributed by atoms with E-state index >= 15 is 18.8 Å². The van der Waals surface area contributed by atoms with E-state index in [1.807, 2.05) is 48.2 Å². The Morgan fingerprint density at radius 1 is 0.763 bits per heavy atom. The molecular weight excluding hydrogens is 1220 g/mol. The molecular formula is C67H88FN11O13S. The molecule has 0 spiro atoms.